The van der Waals surface area contributed by atoms with E-state index in [1.807, 2.05) is 0 Å². The van der Waals surface area contributed by atoms with Crippen molar-refractivity contribution >= 4 is 8.32 Å². The van der Waals surface area contributed by atoms with Gasteiger partial charge in [0.1, 0.15) is 0 Å². The number of hydrogen-bond donors (Lipinski definition) is 1. The number of nitrogens with two attached hydrogens (primary N) is 1. The van der Waals surface area contributed by atoms with E-state index in [4.69, 9.17) is 10.2 Å². The van der Waals surface area contributed by atoms with Crippen LogP contribution in [0.3, 0.4) is 0 Å². The van der Waals surface area contributed by atoms with Crippen LogP contribution >= 0.6 is 0 Å². The molecule has 0 atom stereocenters. The summed E-state index contributed by atoms with van der Waals surface area (Å²) in [5, 5.41) is 0. The normalized spacial score (nSPS) is 12.0. The summed E-state index contributed by atoms with van der Waals surface area (Å²) < 4.78 is 5.40. The summed E-state index contributed by atoms with van der Waals surface area (Å²) >= 11 is 0. The third-order valence-corrected chi connectivity index (χ3v) is 6.28. The lowest BCUT2D eigenvalue weighted by atomic mass is 10.9. The van der Waals surface area contributed by atoms with Gasteiger partial charge in [0.25, 0.3) is 0 Å². The predicted octanol–water partition coefficient (Wildman–Crippen LogP) is 1.12. The topological polar surface area (TPSA) is 35.2 Å². The first-order valence-corrected chi connectivity index (χ1v) is 6.03. The van der Waals surface area contributed by atoms with Crippen LogP contribution in [-0.4, -0.2) is 21.6 Å². The van der Waals surface area contributed by atoms with Gasteiger partial charge in [0.2, 0.25) is 8.32 Å². The lowest BCUT2D eigenvalue weighted by Crippen LogP contribution is -2.44. The van der Waals surface area contributed by atoms with Gasteiger partial charge >= 0.3 is 0 Å². The van der Waals surface area contributed by atoms with E-state index in [0.29, 0.717) is 0 Å². The van der Waals surface area contributed by atoms with Crippen LogP contribution in [-0.2, 0) is 4.43 Å². The SMILES string of the molecule is CC[Si](CC)(CN)OC. The summed E-state index contributed by atoms with van der Waals surface area (Å²) in [6, 6.07) is 2.27. The fraction of sp³-hybridized carbons (Fsp3) is 1.00. The molecule has 0 aromatic rings. The van der Waals surface area contributed by atoms with Crippen molar-refractivity contribution < 1.29 is 4.43 Å². The number of rotatable bonds is 4. The summed E-state index contributed by atoms with van der Waals surface area (Å²) in [5.41, 5.74) is 5.58. The quantitative estimate of drug-likeness (QED) is 0.605. The Morgan fingerprint density at radius 3 is 1.78 bits per heavy atom. The van der Waals surface area contributed by atoms with Crippen LogP contribution in [0.15, 0.2) is 0 Å². The third kappa shape index (κ3) is 2.08. The molecular formula is C6H17NOSi. The van der Waals surface area contributed by atoms with Gasteiger partial charge < -0.3 is 10.2 Å². The Balaban J connectivity index is 3.82. The molecule has 9 heavy (non-hydrogen) atoms. The molecule has 2 nitrogen and oxygen atoms in total. The van der Waals surface area contributed by atoms with Crippen LogP contribution in [0.1, 0.15) is 13.8 Å². The highest BCUT2D eigenvalue weighted by Gasteiger charge is 2.26. The molecule has 0 radical (unpaired) electrons. The monoisotopic (exact) mass is 147 g/mol. The van der Waals surface area contributed by atoms with Crippen molar-refractivity contribution in [1.29, 1.82) is 0 Å². The largest absolute Gasteiger partial charge is 0.419 e. The Morgan fingerprint density at radius 2 is 1.78 bits per heavy atom. The molecule has 0 unspecified atom stereocenters. The van der Waals surface area contributed by atoms with Gasteiger partial charge in [-0.15, -0.1) is 0 Å². The maximum Gasteiger partial charge on any atom is 0.204 e. The molecule has 56 valence electrons. The summed E-state index contributed by atoms with van der Waals surface area (Å²) in [4.78, 5) is 0. The average Bonchev–Trinajstić information content (AvgIpc) is 1.95. The minimum Gasteiger partial charge on any atom is -0.419 e. The van der Waals surface area contributed by atoms with E-state index in [1.54, 1.807) is 7.11 Å². The molecule has 0 aliphatic heterocycles. The zero-order chi connectivity index (χ0) is 7.33. The Hall–Kier alpha value is 0.137. The molecule has 0 aliphatic carbocycles. The van der Waals surface area contributed by atoms with E-state index in [0.717, 1.165) is 18.3 Å². The van der Waals surface area contributed by atoms with Crippen molar-refractivity contribution in [3.05, 3.63) is 0 Å². The molecule has 0 spiro atoms. The van der Waals surface area contributed by atoms with E-state index in [-0.39, 0.29) is 0 Å². The Labute approximate surface area is 58.5 Å². The first kappa shape index (κ1) is 9.14. The smallest absolute Gasteiger partial charge is 0.204 e. The van der Waals surface area contributed by atoms with Gasteiger partial charge in [0.05, 0.1) is 0 Å². The van der Waals surface area contributed by atoms with Crippen molar-refractivity contribution in [2.75, 3.05) is 13.3 Å². The van der Waals surface area contributed by atoms with Crippen molar-refractivity contribution in [3.8, 4) is 0 Å². The van der Waals surface area contributed by atoms with Gasteiger partial charge in [-0.1, -0.05) is 13.8 Å². The maximum atomic E-state index is 5.58. The van der Waals surface area contributed by atoms with E-state index in [9.17, 15) is 0 Å². The Kier molecular flexibility index (Phi) is 4.09. The molecule has 0 saturated heterocycles. The van der Waals surface area contributed by atoms with Crippen LogP contribution in [0, 0.1) is 0 Å². The van der Waals surface area contributed by atoms with Gasteiger partial charge in [0.15, 0.2) is 0 Å². The van der Waals surface area contributed by atoms with Crippen LogP contribution in [0.2, 0.25) is 12.1 Å². The fourth-order valence-corrected chi connectivity index (χ4v) is 2.73. The highest BCUT2D eigenvalue weighted by atomic mass is 28.4. The molecule has 0 rings (SSSR count). The summed E-state index contributed by atoms with van der Waals surface area (Å²) in [6.07, 6.45) is 0.760. The van der Waals surface area contributed by atoms with Gasteiger partial charge in [-0.2, -0.15) is 0 Å². The second-order valence-electron chi connectivity index (χ2n) is 2.30. The van der Waals surface area contributed by atoms with Gasteiger partial charge in [-0.25, -0.2) is 0 Å². The van der Waals surface area contributed by atoms with Crippen LogP contribution in [0.25, 0.3) is 0 Å². The zero-order valence-electron chi connectivity index (χ0n) is 6.61. The second-order valence-corrected chi connectivity index (χ2v) is 6.90. The highest BCUT2D eigenvalue weighted by Crippen LogP contribution is 2.12. The van der Waals surface area contributed by atoms with Crippen molar-refractivity contribution in [1.82, 2.24) is 0 Å². The molecular weight excluding hydrogens is 130 g/mol. The number of hydrogen-bond acceptors (Lipinski definition) is 2. The van der Waals surface area contributed by atoms with Crippen molar-refractivity contribution in [2.45, 2.75) is 25.9 Å². The molecule has 0 aromatic heterocycles. The lowest BCUT2D eigenvalue weighted by Gasteiger charge is -2.24. The molecule has 2 N–H and O–H groups in total. The summed E-state index contributed by atoms with van der Waals surface area (Å²) in [5.74, 6) is 0. The molecule has 0 aliphatic rings. The molecule has 0 saturated carbocycles. The van der Waals surface area contributed by atoms with Crippen molar-refractivity contribution in [3.63, 3.8) is 0 Å². The highest BCUT2D eigenvalue weighted by molar-refractivity contribution is 6.73. The molecule has 0 amide bonds. The van der Waals surface area contributed by atoms with Crippen LogP contribution in [0.4, 0.5) is 0 Å². The minimum atomic E-state index is -1.41. The third-order valence-electron chi connectivity index (χ3n) is 2.09. The van der Waals surface area contributed by atoms with E-state index < -0.39 is 8.32 Å². The van der Waals surface area contributed by atoms with E-state index >= 15 is 0 Å². The van der Waals surface area contributed by atoms with Crippen LogP contribution < -0.4 is 5.73 Å². The standard InChI is InChI=1S/C6H17NOSi/c1-4-9(5-2,6-7)8-3/h4-7H2,1-3H3. The minimum absolute atomic E-state index is 0.760. The molecule has 3 heteroatoms. The van der Waals surface area contributed by atoms with Gasteiger partial charge in [-0.3, -0.25) is 0 Å². The maximum absolute atomic E-state index is 5.58. The first-order chi connectivity index (χ1) is 4.24. The summed E-state index contributed by atoms with van der Waals surface area (Å²) in [7, 11) is 0.370. The summed E-state index contributed by atoms with van der Waals surface area (Å²) in [6.45, 7) is 4.32. The predicted molar refractivity (Wildman–Crippen MR) is 42.8 cm³/mol. The molecule has 0 fully saturated rings. The zero-order valence-corrected chi connectivity index (χ0v) is 7.61. The first-order valence-electron chi connectivity index (χ1n) is 3.50. The van der Waals surface area contributed by atoms with E-state index in [2.05, 4.69) is 13.8 Å². The Bertz CT molecular complexity index is 55.9. The van der Waals surface area contributed by atoms with Crippen molar-refractivity contribution in [2.24, 2.45) is 5.73 Å². The van der Waals surface area contributed by atoms with E-state index in [1.165, 1.54) is 0 Å². The molecule has 0 heterocycles. The van der Waals surface area contributed by atoms with Crippen LogP contribution in [0.5, 0.6) is 0 Å². The second kappa shape index (κ2) is 4.03. The average molecular weight is 147 g/mol. The molecule has 0 bridgehead atoms. The van der Waals surface area contributed by atoms with Gasteiger partial charge in [0, 0.05) is 13.3 Å². The molecule has 0 aromatic carbocycles. The fourth-order valence-electron chi connectivity index (χ4n) is 0.911. The van der Waals surface area contributed by atoms with Gasteiger partial charge in [-0.05, 0) is 12.1 Å². The Morgan fingerprint density at radius 1 is 1.33 bits per heavy atom. The lowest BCUT2D eigenvalue weighted by molar-refractivity contribution is 0.393.